The van der Waals surface area contributed by atoms with E-state index >= 15 is 0 Å². The number of rotatable bonds is 5. The molecule has 0 radical (unpaired) electrons. The molecule has 1 aliphatic rings. The van der Waals surface area contributed by atoms with E-state index in [1.54, 1.807) is 0 Å². The molecule has 0 aromatic carbocycles. The van der Waals surface area contributed by atoms with E-state index in [1.807, 2.05) is 0 Å². The summed E-state index contributed by atoms with van der Waals surface area (Å²) in [4.78, 5) is 15.6. The molecule has 1 fully saturated rings. The molecule has 1 amide bonds. The minimum absolute atomic E-state index is 0.258. The topological polar surface area (TPSA) is 93.2 Å². The van der Waals surface area contributed by atoms with Crippen molar-refractivity contribution in [1.29, 1.82) is 0 Å². The standard InChI is InChI=1S/C14H21F3N4O2/c1-21-8-7-20-12(21)13(23,14(15,16)17)5-6-19-11(22)9-3-2-4-10(9)18/h7-10,23H,2-6,18H2,1H3,(H,19,22)/t9-,10-,13-/m1/s1. The molecule has 130 valence electrons. The number of nitrogens with one attached hydrogen (secondary N) is 1. The highest BCUT2D eigenvalue weighted by Crippen LogP contribution is 2.40. The van der Waals surface area contributed by atoms with Crippen LogP contribution in [0.25, 0.3) is 0 Å². The van der Waals surface area contributed by atoms with Crippen LogP contribution in [-0.2, 0) is 17.4 Å². The Morgan fingerprint density at radius 3 is 2.70 bits per heavy atom. The number of aryl methyl sites for hydroxylation is 1. The Labute approximate surface area is 131 Å². The Balaban J connectivity index is 2.03. The van der Waals surface area contributed by atoms with Crippen molar-refractivity contribution in [3.8, 4) is 0 Å². The average Bonchev–Trinajstić information content (AvgIpc) is 3.05. The summed E-state index contributed by atoms with van der Waals surface area (Å²) in [6.45, 7) is -0.315. The van der Waals surface area contributed by atoms with Crippen LogP contribution in [0.5, 0.6) is 0 Å². The van der Waals surface area contributed by atoms with Crippen molar-refractivity contribution >= 4 is 5.91 Å². The molecule has 1 aliphatic carbocycles. The maximum atomic E-state index is 13.3. The molecule has 0 saturated heterocycles. The van der Waals surface area contributed by atoms with Gasteiger partial charge in [0, 0.05) is 38.4 Å². The largest absolute Gasteiger partial charge is 0.424 e. The van der Waals surface area contributed by atoms with Gasteiger partial charge in [-0.2, -0.15) is 13.2 Å². The zero-order chi connectivity index (χ0) is 17.3. The van der Waals surface area contributed by atoms with Gasteiger partial charge < -0.3 is 20.7 Å². The summed E-state index contributed by atoms with van der Waals surface area (Å²) in [5, 5.41) is 12.6. The predicted octanol–water partition coefficient (Wildman–Crippen LogP) is 0.804. The average molecular weight is 334 g/mol. The van der Waals surface area contributed by atoms with Gasteiger partial charge >= 0.3 is 6.18 Å². The normalized spacial score (nSPS) is 24.4. The predicted molar refractivity (Wildman–Crippen MR) is 76.1 cm³/mol. The Morgan fingerprint density at radius 2 is 2.22 bits per heavy atom. The molecule has 4 N–H and O–H groups in total. The third-order valence-electron chi connectivity index (χ3n) is 4.35. The molecule has 1 saturated carbocycles. The zero-order valence-corrected chi connectivity index (χ0v) is 12.8. The summed E-state index contributed by atoms with van der Waals surface area (Å²) < 4.78 is 41.0. The maximum Gasteiger partial charge on any atom is 0.424 e. The SMILES string of the molecule is Cn1ccnc1[C@](O)(CCNC(=O)[C@@H]1CCC[C@H]1N)C(F)(F)F. The van der Waals surface area contributed by atoms with Gasteiger partial charge in [0.25, 0.3) is 0 Å². The number of halogens is 3. The highest BCUT2D eigenvalue weighted by molar-refractivity contribution is 5.79. The first kappa shape index (κ1) is 17.7. The van der Waals surface area contributed by atoms with Gasteiger partial charge in [0.15, 0.2) is 0 Å². The molecule has 0 aliphatic heterocycles. The van der Waals surface area contributed by atoms with Crippen LogP contribution in [0.15, 0.2) is 12.4 Å². The second-order valence-corrected chi connectivity index (χ2v) is 5.96. The van der Waals surface area contributed by atoms with E-state index in [2.05, 4.69) is 10.3 Å². The lowest BCUT2D eigenvalue weighted by Gasteiger charge is -2.30. The summed E-state index contributed by atoms with van der Waals surface area (Å²) >= 11 is 0. The van der Waals surface area contributed by atoms with Gasteiger partial charge in [0.1, 0.15) is 5.82 Å². The summed E-state index contributed by atoms with van der Waals surface area (Å²) in [5.41, 5.74) is 2.69. The number of carbonyl (C=O) groups excluding carboxylic acids is 1. The van der Waals surface area contributed by atoms with E-state index in [0.717, 1.165) is 17.4 Å². The van der Waals surface area contributed by atoms with E-state index < -0.39 is 24.0 Å². The number of aromatic nitrogens is 2. The third kappa shape index (κ3) is 3.50. The number of alkyl halides is 3. The van der Waals surface area contributed by atoms with Gasteiger partial charge in [-0.15, -0.1) is 0 Å². The van der Waals surface area contributed by atoms with Crippen molar-refractivity contribution < 1.29 is 23.1 Å². The van der Waals surface area contributed by atoms with Gasteiger partial charge in [-0.25, -0.2) is 4.98 Å². The Kier molecular flexibility index (Phi) is 5.00. The molecular formula is C14H21F3N4O2. The number of hydrogen-bond donors (Lipinski definition) is 3. The molecule has 0 bridgehead atoms. The van der Waals surface area contributed by atoms with Crippen molar-refractivity contribution in [3.63, 3.8) is 0 Å². The Bertz CT molecular complexity index is 560. The third-order valence-corrected chi connectivity index (χ3v) is 4.35. The molecule has 23 heavy (non-hydrogen) atoms. The van der Waals surface area contributed by atoms with Gasteiger partial charge in [0.2, 0.25) is 11.5 Å². The number of amides is 1. The van der Waals surface area contributed by atoms with Crippen molar-refractivity contribution in [2.75, 3.05) is 6.54 Å². The fourth-order valence-corrected chi connectivity index (χ4v) is 2.96. The highest BCUT2D eigenvalue weighted by Gasteiger charge is 2.57. The van der Waals surface area contributed by atoms with Crippen LogP contribution in [0, 0.1) is 5.92 Å². The maximum absolute atomic E-state index is 13.3. The molecule has 9 heteroatoms. The van der Waals surface area contributed by atoms with Crippen LogP contribution in [0.3, 0.4) is 0 Å². The number of carbonyl (C=O) groups is 1. The molecule has 0 spiro atoms. The Hall–Kier alpha value is -1.61. The van der Waals surface area contributed by atoms with E-state index in [1.165, 1.54) is 19.4 Å². The van der Waals surface area contributed by atoms with Gasteiger partial charge in [-0.3, -0.25) is 4.79 Å². The fourth-order valence-electron chi connectivity index (χ4n) is 2.96. The lowest BCUT2D eigenvalue weighted by Crippen LogP contribution is -2.47. The van der Waals surface area contributed by atoms with Crippen LogP contribution in [-0.4, -0.2) is 39.3 Å². The first-order chi connectivity index (χ1) is 10.7. The number of nitrogens with zero attached hydrogens (tertiary/aromatic N) is 2. The molecule has 6 nitrogen and oxygen atoms in total. The van der Waals surface area contributed by atoms with E-state index in [4.69, 9.17) is 5.73 Å². The first-order valence-electron chi connectivity index (χ1n) is 7.47. The summed E-state index contributed by atoms with van der Waals surface area (Å²) in [5.74, 6) is -1.24. The second-order valence-electron chi connectivity index (χ2n) is 5.96. The molecule has 1 heterocycles. The summed E-state index contributed by atoms with van der Waals surface area (Å²) in [6, 6.07) is -0.258. The molecule has 1 aromatic rings. The van der Waals surface area contributed by atoms with Gasteiger partial charge in [0.05, 0.1) is 5.92 Å². The number of aliphatic hydroxyl groups is 1. The quantitative estimate of drug-likeness (QED) is 0.743. The summed E-state index contributed by atoms with van der Waals surface area (Å²) in [6.07, 6.45) is -0.910. The van der Waals surface area contributed by atoms with Crippen molar-refractivity contribution in [1.82, 2.24) is 14.9 Å². The first-order valence-corrected chi connectivity index (χ1v) is 7.47. The van der Waals surface area contributed by atoms with Crippen LogP contribution < -0.4 is 11.1 Å². The molecule has 1 aromatic heterocycles. The van der Waals surface area contributed by atoms with Crippen LogP contribution in [0.4, 0.5) is 13.2 Å². The van der Waals surface area contributed by atoms with Crippen LogP contribution in [0.1, 0.15) is 31.5 Å². The van der Waals surface area contributed by atoms with E-state index in [0.29, 0.717) is 6.42 Å². The van der Waals surface area contributed by atoms with E-state index in [9.17, 15) is 23.1 Å². The van der Waals surface area contributed by atoms with Crippen LogP contribution >= 0.6 is 0 Å². The Morgan fingerprint density at radius 1 is 1.52 bits per heavy atom. The van der Waals surface area contributed by atoms with Crippen LogP contribution in [0.2, 0.25) is 0 Å². The minimum Gasteiger partial charge on any atom is -0.374 e. The van der Waals surface area contributed by atoms with Crippen molar-refractivity contribution in [2.45, 2.75) is 43.5 Å². The highest BCUT2D eigenvalue weighted by atomic mass is 19.4. The molecule has 3 atom stereocenters. The molecular weight excluding hydrogens is 313 g/mol. The second kappa shape index (κ2) is 6.48. The smallest absolute Gasteiger partial charge is 0.374 e. The zero-order valence-electron chi connectivity index (χ0n) is 12.8. The lowest BCUT2D eigenvalue weighted by atomic mass is 9.97. The van der Waals surface area contributed by atoms with Gasteiger partial charge in [-0.05, 0) is 12.8 Å². The van der Waals surface area contributed by atoms with Crippen molar-refractivity contribution in [2.24, 2.45) is 18.7 Å². The number of imidazole rings is 1. The van der Waals surface area contributed by atoms with Gasteiger partial charge in [-0.1, -0.05) is 6.42 Å². The minimum atomic E-state index is -4.90. The fraction of sp³-hybridized carbons (Fsp3) is 0.714. The summed E-state index contributed by atoms with van der Waals surface area (Å²) in [7, 11) is 1.37. The number of nitrogens with two attached hydrogens (primary N) is 1. The number of hydrogen-bond acceptors (Lipinski definition) is 4. The lowest BCUT2D eigenvalue weighted by molar-refractivity contribution is -0.272. The monoisotopic (exact) mass is 334 g/mol. The van der Waals surface area contributed by atoms with Crippen molar-refractivity contribution in [3.05, 3.63) is 18.2 Å². The molecule has 2 rings (SSSR count). The van der Waals surface area contributed by atoms with E-state index in [-0.39, 0.29) is 24.4 Å². The molecule has 0 unspecified atom stereocenters.